The van der Waals surface area contributed by atoms with Gasteiger partial charge in [-0.2, -0.15) is 0 Å². The normalized spacial score (nSPS) is 12.6. The van der Waals surface area contributed by atoms with Crippen molar-refractivity contribution < 1.29 is 0 Å². The summed E-state index contributed by atoms with van der Waals surface area (Å²) in [4.78, 5) is 0. The Hall–Kier alpha value is -0.780. The molecule has 0 heteroatoms. The van der Waals surface area contributed by atoms with Crippen LogP contribution in [-0.2, 0) is 0 Å². The fraction of sp³-hybridized carbons (Fsp3) is 0.667. The predicted molar refractivity (Wildman–Crippen MR) is 82.1 cm³/mol. The molecule has 0 unspecified atom stereocenters. The van der Waals surface area contributed by atoms with Crippen LogP contribution >= 0.6 is 0 Å². The molecule has 0 nitrogen and oxygen atoms in total. The second-order valence-corrected chi connectivity index (χ2v) is 5.45. The van der Waals surface area contributed by atoms with Crippen molar-refractivity contribution in [2.75, 3.05) is 0 Å². The number of hydrogen-bond donors (Lipinski definition) is 0. The quantitative estimate of drug-likeness (QED) is 0.424. The van der Waals surface area contributed by atoms with E-state index in [4.69, 9.17) is 0 Å². The zero-order valence-electron chi connectivity index (χ0n) is 12.3. The Labute approximate surface area is 114 Å². The highest BCUT2D eigenvalue weighted by Gasteiger charge is 2.10. The van der Waals surface area contributed by atoms with E-state index in [1.54, 1.807) is 5.56 Å². The van der Waals surface area contributed by atoms with Gasteiger partial charge in [-0.3, -0.25) is 0 Å². The van der Waals surface area contributed by atoms with Crippen LogP contribution in [0.4, 0.5) is 0 Å². The molecular weight excluding hydrogens is 216 g/mol. The molecule has 0 N–H and O–H groups in total. The molecule has 102 valence electrons. The molecule has 0 heterocycles. The number of benzene rings is 1. The first kappa shape index (κ1) is 15.3. The van der Waals surface area contributed by atoms with Crippen LogP contribution in [0.15, 0.2) is 30.3 Å². The lowest BCUT2D eigenvalue weighted by Gasteiger charge is -2.17. The van der Waals surface area contributed by atoms with Gasteiger partial charge in [0.05, 0.1) is 0 Å². The highest BCUT2D eigenvalue weighted by molar-refractivity contribution is 5.19. The van der Waals surface area contributed by atoms with Gasteiger partial charge in [-0.25, -0.2) is 0 Å². The van der Waals surface area contributed by atoms with Crippen LogP contribution in [0.5, 0.6) is 0 Å². The van der Waals surface area contributed by atoms with Crippen LogP contribution in [0, 0.1) is 0 Å². The van der Waals surface area contributed by atoms with Gasteiger partial charge in [0.25, 0.3) is 0 Å². The minimum absolute atomic E-state index is 0.801. The lowest BCUT2D eigenvalue weighted by atomic mass is 9.88. The topological polar surface area (TPSA) is 0 Å². The molecule has 18 heavy (non-hydrogen) atoms. The zero-order chi connectivity index (χ0) is 13.1. The minimum atomic E-state index is 0.801. The predicted octanol–water partition coefficient (Wildman–Crippen LogP) is 6.32. The monoisotopic (exact) mass is 246 g/mol. The molecule has 0 saturated heterocycles. The zero-order valence-corrected chi connectivity index (χ0v) is 12.3. The first-order chi connectivity index (χ1) is 8.88. The van der Waals surface area contributed by atoms with Crippen molar-refractivity contribution in [1.29, 1.82) is 0 Å². The maximum absolute atomic E-state index is 2.32. The van der Waals surface area contributed by atoms with E-state index in [0.29, 0.717) is 0 Å². The summed E-state index contributed by atoms with van der Waals surface area (Å²) >= 11 is 0. The van der Waals surface area contributed by atoms with E-state index in [2.05, 4.69) is 44.2 Å². The van der Waals surface area contributed by atoms with Crippen molar-refractivity contribution in [3.8, 4) is 0 Å². The Balaban J connectivity index is 2.42. The van der Waals surface area contributed by atoms with Crippen LogP contribution in [-0.4, -0.2) is 0 Å². The Morgan fingerprint density at radius 2 is 1.28 bits per heavy atom. The Bertz CT molecular complexity index is 275. The lowest BCUT2D eigenvalue weighted by molar-refractivity contribution is 0.501. The van der Waals surface area contributed by atoms with E-state index < -0.39 is 0 Å². The highest BCUT2D eigenvalue weighted by atomic mass is 14.1. The third-order valence-electron chi connectivity index (χ3n) is 3.83. The first-order valence-electron chi connectivity index (χ1n) is 7.93. The van der Waals surface area contributed by atoms with Crippen LogP contribution in [0.25, 0.3) is 0 Å². The van der Waals surface area contributed by atoms with Gasteiger partial charge in [0.2, 0.25) is 0 Å². The third kappa shape index (κ3) is 6.23. The molecule has 1 aromatic rings. The van der Waals surface area contributed by atoms with E-state index in [9.17, 15) is 0 Å². The molecule has 1 rings (SSSR count). The molecule has 0 aliphatic rings. The van der Waals surface area contributed by atoms with Gasteiger partial charge in [-0.05, 0) is 24.3 Å². The summed E-state index contributed by atoms with van der Waals surface area (Å²) in [7, 11) is 0. The highest BCUT2D eigenvalue weighted by Crippen LogP contribution is 2.28. The standard InChI is InChI=1S/C18H30/c1-3-5-7-10-14-17(13-9-6-4-2)18-15-11-8-12-16-18/h8,11-12,15-17H,3-7,9-10,13-14H2,1-2H3/t17-/m0/s1. The molecular formula is C18H30. The summed E-state index contributed by atoms with van der Waals surface area (Å²) in [5.74, 6) is 0.801. The Morgan fingerprint density at radius 3 is 1.89 bits per heavy atom. The van der Waals surface area contributed by atoms with E-state index >= 15 is 0 Å². The molecule has 0 amide bonds. The minimum Gasteiger partial charge on any atom is -0.0654 e. The van der Waals surface area contributed by atoms with Crippen LogP contribution in [0.2, 0.25) is 0 Å². The molecule has 0 saturated carbocycles. The Kier molecular flexibility index (Phi) is 8.63. The maximum Gasteiger partial charge on any atom is -0.0162 e. The first-order valence-corrected chi connectivity index (χ1v) is 7.93. The van der Waals surface area contributed by atoms with Gasteiger partial charge < -0.3 is 0 Å². The molecule has 0 aliphatic carbocycles. The van der Waals surface area contributed by atoms with E-state index in [1.807, 2.05) is 0 Å². The summed E-state index contributed by atoms with van der Waals surface area (Å²) in [6, 6.07) is 11.1. The summed E-state index contributed by atoms with van der Waals surface area (Å²) in [5, 5.41) is 0. The molecule has 0 aliphatic heterocycles. The molecule has 0 radical (unpaired) electrons. The van der Waals surface area contributed by atoms with Crippen molar-refractivity contribution in [2.24, 2.45) is 0 Å². The Morgan fingerprint density at radius 1 is 0.722 bits per heavy atom. The van der Waals surface area contributed by atoms with Crippen molar-refractivity contribution >= 4 is 0 Å². The van der Waals surface area contributed by atoms with Crippen LogP contribution in [0.3, 0.4) is 0 Å². The largest absolute Gasteiger partial charge is 0.0654 e. The SMILES string of the molecule is CCCCCC[C@H](CCCCC)c1ccccc1. The molecule has 0 aromatic heterocycles. The fourth-order valence-corrected chi connectivity index (χ4v) is 2.66. The van der Waals surface area contributed by atoms with Crippen molar-refractivity contribution in [3.05, 3.63) is 35.9 Å². The van der Waals surface area contributed by atoms with Crippen molar-refractivity contribution in [2.45, 2.75) is 77.6 Å². The summed E-state index contributed by atoms with van der Waals surface area (Å²) in [6.45, 7) is 4.58. The summed E-state index contributed by atoms with van der Waals surface area (Å²) in [6.07, 6.45) is 12.4. The average Bonchev–Trinajstić information content (AvgIpc) is 2.42. The van der Waals surface area contributed by atoms with Gasteiger partial charge >= 0.3 is 0 Å². The van der Waals surface area contributed by atoms with E-state index in [-0.39, 0.29) is 0 Å². The molecule has 0 spiro atoms. The van der Waals surface area contributed by atoms with Crippen molar-refractivity contribution in [1.82, 2.24) is 0 Å². The number of hydrogen-bond acceptors (Lipinski definition) is 0. The maximum atomic E-state index is 2.32. The van der Waals surface area contributed by atoms with E-state index in [0.717, 1.165) is 5.92 Å². The van der Waals surface area contributed by atoms with Crippen LogP contribution in [0.1, 0.15) is 83.1 Å². The van der Waals surface area contributed by atoms with Gasteiger partial charge in [-0.1, -0.05) is 89.1 Å². The fourth-order valence-electron chi connectivity index (χ4n) is 2.66. The second kappa shape index (κ2) is 10.2. The van der Waals surface area contributed by atoms with Gasteiger partial charge in [0.15, 0.2) is 0 Å². The van der Waals surface area contributed by atoms with Crippen LogP contribution < -0.4 is 0 Å². The van der Waals surface area contributed by atoms with Crippen molar-refractivity contribution in [3.63, 3.8) is 0 Å². The third-order valence-corrected chi connectivity index (χ3v) is 3.83. The number of rotatable bonds is 10. The smallest absolute Gasteiger partial charge is 0.0162 e. The van der Waals surface area contributed by atoms with Gasteiger partial charge in [0.1, 0.15) is 0 Å². The van der Waals surface area contributed by atoms with Gasteiger partial charge in [0, 0.05) is 0 Å². The number of unbranched alkanes of at least 4 members (excludes halogenated alkanes) is 5. The molecule has 1 aromatic carbocycles. The molecule has 0 fully saturated rings. The summed E-state index contributed by atoms with van der Waals surface area (Å²) < 4.78 is 0. The second-order valence-electron chi connectivity index (χ2n) is 5.45. The molecule has 1 atom stereocenters. The van der Waals surface area contributed by atoms with E-state index in [1.165, 1.54) is 57.8 Å². The van der Waals surface area contributed by atoms with Gasteiger partial charge in [-0.15, -0.1) is 0 Å². The summed E-state index contributed by atoms with van der Waals surface area (Å²) in [5.41, 5.74) is 1.56. The average molecular weight is 246 g/mol. The lowest BCUT2D eigenvalue weighted by Crippen LogP contribution is -1.99. The molecule has 0 bridgehead atoms.